The lowest BCUT2D eigenvalue weighted by Crippen LogP contribution is -2.39. The van der Waals surface area contributed by atoms with Gasteiger partial charge in [0, 0.05) is 5.38 Å². The second kappa shape index (κ2) is 4.43. The number of aryl methyl sites for hydroxylation is 1. The maximum absolute atomic E-state index is 12.2. The van der Waals surface area contributed by atoms with Crippen molar-refractivity contribution in [3.63, 3.8) is 0 Å². The molecule has 1 amide bonds. The van der Waals surface area contributed by atoms with E-state index in [1.165, 1.54) is 11.3 Å². The first-order chi connectivity index (χ1) is 9.06. The number of carboxylic acids is 1. The molecular formula is C12H12N2O4S. The number of anilines is 1. The largest absolute Gasteiger partial charge is 0.481 e. The van der Waals surface area contributed by atoms with Crippen molar-refractivity contribution >= 4 is 28.3 Å². The first-order valence-electron chi connectivity index (χ1n) is 5.86. The molecule has 7 heteroatoms. The molecular weight excluding hydrogens is 268 g/mol. The van der Waals surface area contributed by atoms with Gasteiger partial charge in [-0.1, -0.05) is 12.2 Å². The van der Waals surface area contributed by atoms with Gasteiger partial charge < -0.3 is 15.2 Å². The zero-order valence-corrected chi connectivity index (χ0v) is 10.9. The molecule has 0 aliphatic carbocycles. The monoisotopic (exact) mass is 280 g/mol. The number of aliphatic carboxylic acids is 1. The van der Waals surface area contributed by atoms with Gasteiger partial charge in [0.05, 0.1) is 23.8 Å². The Morgan fingerprint density at radius 1 is 1.37 bits per heavy atom. The van der Waals surface area contributed by atoms with Crippen LogP contribution in [0.4, 0.5) is 5.13 Å². The number of carboxylic acid groups (broad SMARTS) is 1. The van der Waals surface area contributed by atoms with Gasteiger partial charge in [0.2, 0.25) is 5.91 Å². The number of nitrogens with zero attached hydrogens (tertiary/aromatic N) is 1. The molecule has 2 aliphatic heterocycles. The summed E-state index contributed by atoms with van der Waals surface area (Å²) in [6.07, 6.45) is 2.51. The lowest BCUT2D eigenvalue weighted by Gasteiger charge is -2.20. The highest BCUT2D eigenvalue weighted by atomic mass is 32.1. The number of thiazole rings is 1. The average molecular weight is 280 g/mol. The average Bonchev–Trinajstić information content (AvgIpc) is 3.03. The van der Waals surface area contributed by atoms with Crippen LogP contribution in [-0.4, -0.2) is 34.2 Å². The molecule has 4 atom stereocenters. The van der Waals surface area contributed by atoms with Crippen LogP contribution in [0.5, 0.6) is 0 Å². The molecule has 100 valence electrons. The summed E-state index contributed by atoms with van der Waals surface area (Å²) in [5.41, 5.74) is 0.819. The van der Waals surface area contributed by atoms with Crippen LogP contribution in [0.15, 0.2) is 17.5 Å². The van der Waals surface area contributed by atoms with Crippen molar-refractivity contribution in [2.24, 2.45) is 11.8 Å². The Morgan fingerprint density at radius 3 is 2.63 bits per heavy atom. The quantitative estimate of drug-likeness (QED) is 0.808. The fourth-order valence-corrected chi connectivity index (χ4v) is 3.21. The van der Waals surface area contributed by atoms with Crippen LogP contribution in [0.3, 0.4) is 0 Å². The van der Waals surface area contributed by atoms with Crippen LogP contribution in [0, 0.1) is 18.8 Å². The fourth-order valence-electron chi connectivity index (χ4n) is 2.52. The smallest absolute Gasteiger partial charge is 0.310 e. The molecule has 0 radical (unpaired) electrons. The van der Waals surface area contributed by atoms with E-state index in [2.05, 4.69) is 10.3 Å². The van der Waals surface area contributed by atoms with Crippen LogP contribution in [-0.2, 0) is 14.3 Å². The predicted molar refractivity (Wildman–Crippen MR) is 67.9 cm³/mol. The standard InChI is InChI=1S/C12H12N2O4S/c1-5-4-19-12(13-5)14-10(15)8-6-2-3-7(18-6)9(8)11(16)17/h2-4,6-9H,1H3,(H,16,17)(H,13,14,15)/t6-,7-,8-,9-/m1/s1. The van der Waals surface area contributed by atoms with E-state index < -0.39 is 30.0 Å². The second-order valence-corrected chi connectivity index (χ2v) is 5.48. The highest BCUT2D eigenvalue weighted by molar-refractivity contribution is 7.13. The maximum Gasteiger partial charge on any atom is 0.310 e. The number of carbonyl (C=O) groups is 2. The summed E-state index contributed by atoms with van der Waals surface area (Å²) in [5, 5.41) is 14.2. The highest BCUT2D eigenvalue weighted by Gasteiger charge is 2.53. The number of hydrogen-bond donors (Lipinski definition) is 2. The Morgan fingerprint density at radius 2 is 2.05 bits per heavy atom. The van der Waals surface area contributed by atoms with E-state index in [-0.39, 0.29) is 5.91 Å². The van der Waals surface area contributed by atoms with Crippen molar-refractivity contribution in [2.45, 2.75) is 19.1 Å². The number of aromatic nitrogens is 1. The van der Waals surface area contributed by atoms with Crippen LogP contribution >= 0.6 is 11.3 Å². The summed E-state index contributed by atoms with van der Waals surface area (Å²) in [6, 6.07) is 0. The van der Waals surface area contributed by atoms with E-state index in [1.807, 2.05) is 12.3 Å². The molecule has 1 aromatic rings. The van der Waals surface area contributed by atoms with Gasteiger partial charge in [0.15, 0.2) is 5.13 Å². The van der Waals surface area contributed by atoms with Gasteiger partial charge >= 0.3 is 5.97 Å². The third-order valence-electron chi connectivity index (χ3n) is 3.34. The molecule has 3 rings (SSSR count). The van der Waals surface area contributed by atoms with Gasteiger partial charge in [-0.25, -0.2) is 4.98 Å². The van der Waals surface area contributed by atoms with E-state index in [0.717, 1.165) is 5.69 Å². The Hall–Kier alpha value is -1.73. The molecule has 1 fully saturated rings. The third kappa shape index (κ3) is 2.04. The Kier molecular flexibility index (Phi) is 2.87. The van der Waals surface area contributed by atoms with Crippen molar-refractivity contribution < 1.29 is 19.4 Å². The van der Waals surface area contributed by atoms with Gasteiger partial charge in [0.1, 0.15) is 5.92 Å². The number of amides is 1. The van der Waals surface area contributed by atoms with Crippen molar-refractivity contribution in [1.82, 2.24) is 4.98 Å². The van der Waals surface area contributed by atoms with Crippen LogP contribution in [0.25, 0.3) is 0 Å². The minimum Gasteiger partial charge on any atom is -0.481 e. The molecule has 2 aliphatic rings. The van der Waals surface area contributed by atoms with E-state index in [4.69, 9.17) is 4.74 Å². The minimum absolute atomic E-state index is 0.349. The third-order valence-corrected chi connectivity index (χ3v) is 4.21. The molecule has 0 aromatic carbocycles. The van der Waals surface area contributed by atoms with Gasteiger partial charge in [-0.05, 0) is 6.92 Å². The highest BCUT2D eigenvalue weighted by Crippen LogP contribution is 2.39. The van der Waals surface area contributed by atoms with Crippen LogP contribution < -0.4 is 5.32 Å². The molecule has 19 heavy (non-hydrogen) atoms. The molecule has 2 bridgehead atoms. The zero-order chi connectivity index (χ0) is 13.6. The van der Waals surface area contributed by atoms with Gasteiger partial charge in [-0.15, -0.1) is 11.3 Å². The molecule has 0 unspecified atom stereocenters. The Balaban J connectivity index is 1.79. The Bertz CT molecular complexity index is 568. The lowest BCUT2D eigenvalue weighted by atomic mass is 9.82. The first-order valence-corrected chi connectivity index (χ1v) is 6.74. The summed E-state index contributed by atoms with van der Waals surface area (Å²) in [6.45, 7) is 1.83. The zero-order valence-electron chi connectivity index (χ0n) is 10.1. The van der Waals surface area contributed by atoms with E-state index in [0.29, 0.717) is 5.13 Å². The molecule has 1 aromatic heterocycles. The molecule has 0 saturated carbocycles. The Labute approximate surface area is 113 Å². The molecule has 1 saturated heterocycles. The number of rotatable bonds is 3. The van der Waals surface area contributed by atoms with Crippen molar-refractivity contribution in [3.8, 4) is 0 Å². The molecule has 3 heterocycles. The van der Waals surface area contributed by atoms with Crippen molar-refractivity contribution in [1.29, 1.82) is 0 Å². The summed E-state index contributed by atoms with van der Waals surface area (Å²) in [7, 11) is 0. The molecule has 0 spiro atoms. The molecule has 6 nitrogen and oxygen atoms in total. The minimum atomic E-state index is -1.01. The van der Waals surface area contributed by atoms with E-state index in [9.17, 15) is 14.7 Å². The number of hydrogen-bond acceptors (Lipinski definition) is 5. The van der Waals surface area contributed by atoms with E-state index in [1.54, 1.807) is 12.2 Å². The number of ether oxygens (including phenoxy) is 1. The second-order valence-electron chi connectivity index (χ2n) is 4.62. The van der Waals surface area contributed by atoms with Crippen molar-refractivity contribution in [2.75, 3.05) is 5.32 Å². The lowest BCUT2D eigenvalue weighted by molar-refractivity contribution is -0.145. The normalized spacial score (nSPS) is 31.6. The number of nitrogens with one attached hydrogen (secondary N) is 1. The molecule has 2 N–H and O–H groups in total. The predicted octanol–water partition coefficient (Wildman–Crippen LogP) is 1.04. The fraction of sp³-hybridized carbons (Fsp3) is 0.417. The van der Waals surface area contributed by atoms with Crippen LogP contribution in [0.2, 0.25) is 0 Å². The summed E-state index contributed by atoms with van der Waals surface area (Å²) in [5.74, 6) is -2.88. The summed E-state index contributed by atoms with van der Waals surface area (Å²) >= 11 is 1.32. The maximum atomic E-state index is 12.2. The van der Waals surface area contributed by atoms with Crippen LogP contribution in [0.1, 0.15) is 5.69 Å². The topological polar surface area (TPSA) is 88.5 Å². The van der Waals surface area contributed by atoms with Gasteiger partial charge in [-0.2, -0.15) is 0 Å². The first kappa shape index (κ1) is 12.3. The summed E-state index contributed by atoms with van der Waals surface area (Å²) in [4.78, 5) is 27.6. The SMILES string of the molecule is Cc1csc(NC(=O)[C@H]2[C@H](C(=O)O)[C@H]3C=C[C@H]2O3)n1. The van der Waals surface area contributed by atoms with Gasteiger partial charge in [-0.3, -0.25) is 9.59 Å². The number of fused-ring (bicyclic) bond motifs is 2. The summed E-state index contributed by atoms with van der Waals surface area (Å²) < 4.78 is 5.45. The van der Waals surface area contributed by atoms with Gasteiger partial charge in [0.25, 0.3) is 0 Å². The van der Waals surface area contributed by atoms with Crippen molar-refractivity contribution in [3.05, 3.63) is 23.2 Å². The number of carbonyl (C=O) groups excluding carboxylic acids is 1. The van der Waals surface area contributed by atoms with E-state index >= 15 is 0 Å².